The zero-order chi connectivity index (χ0) is 10.0. The van der Waals surface area contributed by atoms with Gasteiger partial charge in [-0.1, -0.05) is 0 Å². The van der Waals surface area contributed by atoms with Crippen molar-refractivity contribution in [2.45, 2.75) is 50.5 Å². The van der Waals surface area contributed by atoms with Gasteiger partial charge in [0.2, 0.25) is 0 Å². The van der Waals surface area contributed by atoms with Gasteiger partial charge < -0.3 is 4.74 Å². The Bertz CT molecular complexity index is 292. The largest absolute Gasteiger partial charge is 0.458 e. The highest BCUT2D eigenvalue weighted by atomic mass is 16.6. The molecule has 0 aromatic carbocycles. The third-order valence-electron chi connectivity index (χ3n) is 5.54. The summed E-state index contributed by atoms with van der Waals surface area (Å²) in [5.41, 5.74) is 0.0184. The van der Waals surface area contributed by atoms with E-state index >= 15 is 0 Å². The number of ether oxygens (including phenoxy) is 1. The molecule has 82 valence electrons. The first-order valence-electron chi connectivity index (χ1n) is 6.48. The van der Waals surface area contributed by atoms with Gasteiger partial charge in [-0.25, -0.2) is 0 Å². The number of rotatable bonds is 0. The molecule has 0 N–H and O–H groups in total. The lowest BCUT2D eigenvalue weighted by molar-refractivity contribution is -0.191. The van der Waals surface area contributed by atoms with E-state index in [0.29, 0.717) is 6.42 Å². The minimum Gasteiger partial charge on any atom is -0.458 e. The maximum absolute atomic E-state index is 11.4. The molecule has 1 spiro atoms. The van der Waals surface area contributed by atoms with Crippen molar-refractivity contribution in [3.63, 3.8) is 0 Å². The molecule has 2 heteroatoms. The highest BCUT2D eigenvalue weighted by molar-refractivity contribution is 5.72. The zero-order valence-corrected chi connectivity index (χ0v) is 9.08. The summed E-state index contributed by atoms with van der Waals surface area (Å²) < 4.78 is 5.79. The summed E-state index contributed by atoms with van der Waals surface area (Å²) in [5, 5.41) is 0. The fourth-order valence-corrected chi connectivity index (χ4v) is 5.17. The minimum atomic E-state index is 0.0184. The van der Waals surface area contributed by atoms with Gasteiger partial charge in [-0.05, 0) is 62.2 Å². The van der Waals surface area contributed by atoms with E-state index < -0.39 is 0 Å². The summed E-state index contributed by atoms with van der Waals surface area (Å²) in [6.45, 7) is 0. The molecule has 4 aliphatic carbocycles. The van der Waals surface area contributed by atoms with Crippen LogP contribution in [0.2, 0.25) is 0 Å². The topological polar surface area (TPSA) is 26.3 Å². The molecule has 5 aliphatic rings. The quantitative estimate of drug-likeness (QED) is 0.569. The summed E-state index contributed by atoms with van der Waals surface area (Å²) in [6.07, 6.45) is 8.57. The summed E-state index contributed by atoms with van der Waals surface area (Å²) in [4.78, 5) is 11.4. The molecule has 1 saturated heterocycles. The van der Waals surface area contributed by atoms with Gasteiger partial charge in [-0.2, -0.15) is 0 Å². The Kier molecular flexibility index (Phi) is 1.48. The van der Waals surface area contributed by atoms with E-state index in [9.17, 15) is 4.79 Å². The summed E-state index contributed by atoms with van der Waals surface area (Å²) in [6, 6.07) is 0. The van der Waals surface area contributed by atoms with Gasteiger partial charge in [-0.15, -0.1) is 0 Å². The lowest BCUT2D eigenvalue weighted by atomic mass is 9.49. The Morgan fingerprint density at radius 3 is 2.07 bits per heavy atom. The highest BCUT2D eigenvalue weighted by Crippen LogP contribution is 2.62. The highest BCUT2D eigenvalue weighted by Gasteiger charge is 2.61. The third-order valence-corrected chi connectivity index (χ3v) is 5.54. The number of hydrogen-bond donors (Lipinski definition) is 0. The van der Waals surface area contributed by atoms with Crippen LogP contribution in [-0.4, -0.2) is 11.6 Å². The maximum atomic E-state index is 11.4. The van der Waals surface area contributed by atoms with Crippen LogP contribution in [0.5, 0.6) is 0 Å². The second kappa shape index (κ2) is 2.58. The molecule has 0 atom stereocenters. The molecule has 0 aromatic rings. The maximum Gasteiger partial charge on any atom is 0.306 e. The number of hydrogen-bond acceptors (Lipinski definition) is 2. The van der Waals surface area contributed by atoms with E-state index in [1.807, 2.05) is 0 Å². The number of carbonyl (C=O) groups is 1. The summed E-state index contributed by atoms with van der Waals surface area (Å²) in [5.74, 6) is 3.46. The van der Waals surface area contributed by atoms with Crippen molar-refractivity contribution in [2.75, 3.05) is 0 Å². The Morgan fingerprint density at radius 1 is 1.00 bits per heavy atom. The molecule has 5 fully saturated rings. The zero-order valence-electron chi connectivity index (χ0n) is 9.08. The van der Waals surface area contributed by atoms with Gasteiger partial charge in [0.1, 0.15) is 5.60 Å². The molecule has 0 radical (unpaired) electrons. The van der Waals surface area contributed by atoms with Crippen LogP contribution in [-0.2, 0) is 9.53 Å². The minimum absolute atomic E-state index is 0.0184. The second-order valence-electron chi connectivity index (χ2n) is 6.23. The molecule has 0 aromatic heterocycles. The predicted molar refractivity (Wildman–Crippen MR) is 55.1 cm³/mol. The average Bonchev–Trinajstić information content (AvgIpc) is 2.57. The van der Waals surface area contributed by atoms with Gasteiger partial charge in [0, 0.05) is 6.42 Å². The van der Waals surface area contributed by atoms with Crippen molar-refractivity contribution < 1.29 is 9.53 Å². The fraction of sp³-hybridized carbons (Fsp3) is 0.923. The van der Waals surface area contributed by atoms with Crippen LogP contribution in [0.4, 0.5) is 0 Å². The SMILES string of the molecule is O=C1CCC2(O1)C1CC3CC(C1)CC2C3. The van der Waals surface area contributed by atoms with Crippen LogP contribution in [0.3, 0.4) is 0 Å². The van der Waals surface area contributed by atoms with Crippen molar-refractivity contribution in [3.05, 3.63) is 0 Å². The molecule has 1 aliphatic heterocycles. The van der Waals surface area contributed by atoms with Crippen molar-refractivity contribution >= 4 is 5.97 Å². The molecule has 0 unspecified atom stereocenters. The van der Waals surface area contributed by atoms with Gasteiger partial charge >= 0.3 is 5.97 Å². The van der Waals surface area contributed by atoms with E-state index in [1.54, 1.807) is 0 Å². The van der Waals surface area contributed by atoms with E-state index in [1.165, 1.54) is 32.1 Å². The molecule has 15 heavy (non-hydrogen) atoms. The molecule has 1 heterocycles. The van der Waals surface area contributed by atoms with E-state index in [-0.39, 0.29) is 11.6 Å². The van der Waals surface area contributed by atoms with Gasteiger partial charge in [0.25, 0.3) is 0 Å². The van der Waals surface area contributed by atoms with Crippen LogP contribution in [0, 0.1) is 23.7 Å². The Labute approximate surface area is 90.4 Å². The Balaban J connectivity index is 1.73. The molecular weight excluding hydrogens is 188 g/mol. The molecule has 4 saturated carbocycles. The smallest absolute Gasteiger partial charge is 0.306 e. The first kappa shape index (κ1) is 8.60. The Hall–Kier alpha value is -0.530. The van der Waals surface area contributed by atoms with E-state index in [4.69, 9.17) is 4.74 Å². The van der Waals surface area contributed by atoms with Crippen LogP contribution in [0.15, 0.2) is 0 Å². The predicted octanol–water partition coefficient (Wildman–Crippen LogP) is 2.52. The standard InChI is InChI=1S/C13H18O2/c14-12-1-2-13(15-12)10-4-8-3-9(6-10)7-11(13)5-8/h8-11H,1-7H2. The lowest BCUT2D eigenvalue weighted by Gasteiger charge is -2.58. The van der Waals surface area contributed by atoms with Crippen LogP contribution < -0.4 is 0 Å². The van der Waals surface area contributed by atoms with Gasteiger partial charge in [-0.3, -0.25) is 4.79 Å². The molecule has 5 rings (SSSR count). The fourth-order valence-electron chi connectivity index (χ4n) is 5.17. The van der Waals surface area contributed by atoms with Crippen LogP contribution in [0.1, 0.15) is 44.9 Å². The van der Waals surface area contributed by atoms with Crippen LogP contribution >= 0.6 is 0 Å². The van der Waals surface area contributed by atoms with Gasteiger partial charge in [0.15, 0.2) is 0 Å². The number of carbonyl (C=O) groups excluding carboxylic acids is 1. The average molecular weight is 206 g/mol. The van der Waals surface area contributed by atoms with Crippen molar-refractivity contribution in [3.8, 4) is 0 Å². The summed E-state index contributed by atoms with van der Waals surface area (Å²) in [7, 11) is 0. The van der Waals surface area contributed by atoms with Crippen molar-refractivity contribution in [1.82, 2.24) is 0 Å². The molecule has 4 bridgehead atoms. The number of esters is 1. The monoisotopic (exact) mass is 206 g/mol. The third kappa shape index (κ3) is 0.982. The van der Waals surface area contributed by atoms with Crippen molar-refractivity contribution in [1.29, 1.82) is 0 Å². The van der Waals surface area contributed by atoms with E-state index in [2.05, 4.69) is 0 Å². The first-order chi connectivity index (χ1) is 7.26. The van der Waals surface area contributed by atoms with Crippen molar-refractivity contribution in [2.24, 2.45) is 23.7 Å². The first-order valence-corrected chi connectivity index (χ1v) is 6.48. The molecular formula is C13H18O2. The second-order valence-corrected chi connectivity index (χ2v) is 6.23. The van der Waals surface area contributed by atoms with Gasteiger partial charge in [0.05, 0.1) is 0 Å². The molecule has 0 amide bonds. The molecule has 2 nitrogen and oxygen atoms in total. The summed E-state index contributed by atoms with van der Waals surface area (Å²) >= 11 is 0. The normalized spacial score (nSPS) is 56.4. The Morgan fingerprint density at radius 2 is 1.60 bits per heavy atom. The van der Waals surface area contributed by atoms with E-state index in [0.717, 1.165) is 30.1 Å². The van der Waals surface area contributed by atoms with Crippen LogP contribution in [0.25, 0.3) is 0 Å². The lowest BCUT2D eigenvalue weighted by Crippen LogP contribution is -2.57.